The number of carbonyl (C=O) groups is 1. The highest BCUT2D eigenvalue weighted by atomic mass is 16.5. The van der Waals surface area contributed by atoms with E-state index in [1.165, 1.54) is 0 Å². The fourth-order valence-electron chi connectivity index (χ4n) is 2.32. The largest absolute Gasteiger partial charge is 0.492 e. The molecule has 23 heavy (non-hydrogen) atoms. The van der Waals surface area contributed by atoms with Gasteiger partial charge in [0.05, 0.1) is 17.3 Å². The lowest BCUT2D eigenvalue weighted by atomic mass is 10.1. The van der Waals surface area contributed by atoms with Crippen LogP contribution < -0.4 is 15.8 Å². The van der Waals surface area contributed by atoms with Crippen LogP contribution in [0.15, 0.2) is 30.5 Å². The zero-order valence-electron chi connectivity index (χ0n) is 14.1. The van der Waals surface area contributed by atoms with Crippen molar-refractivity contribution in [2.24, 2.45) is 5.73 Å². The van der Waals surface area contributed by atoms with Gasteiger partial charge in [0.1, 0.15) is 12.4 Å². The smallest absolute Gasteiger partial charge is 0.259 e. The van der Waals surface area contributed by atoms with E-state index in [2.05, 4.69) is 31.2 Å². The highest BCUT2D eigenvalue weighted by Gasteiger charge is 2.21. The molecule has 0 saturated heterocycles. The molecule has 0 bridgehead atoms. The second kappa shape index (κ2) is 6.83. The van der Waals surface area contributed by atoms with Gasteiger partial charge in [0.25, 0.3) is 5.91 Å². The quantitative estimate of drug-likeness (QED) is 0.888. The molecule has 0 aliphatic carbocycles. The van der Waals surface area contributed by atoms with E-state index in [1.54, 1.807) is 30.5 Å². The van der Waals surface area contributed by atoms with Crippen molar-refractivity contribution >= 4 is 11.6 Å². The number of carbonyl (C=O) groups excluding carboxylic acids is 1. The average molecular weight is 316 g/mol. The van der Waals surface area contributed by atoms with Crippen LogP contribution in [-0.2, 0) is 5.54 Å². The number of hydrogen-bond donors (Lipinski definition) is 2. The lowest BCUT2D eigenvalue weighted by Crippen LogP contribution is -2.25. The van der Waals surface area contributed by atoms with Gasteiger partial charge in [0, 0.05) is 17.9 Å². The highest BCUT2D eigenvalue weighted by Crippen LogP contribution is 2.20. The fourth-order valence-corrected chi connectivity index (χ4v) is 2.32. The van der Waals surface area contributed by atoms with Crippen molar-refractivity contribution in [3.05, 3.63) is 41.7 Å². The highest BCUT2D eigenvalue weighted by molar-refractivity contribution is 6.04. The maximum atomic E-state index is 12.4. The summed E-state index contributed by atoms with van der Waals surface area (Å²) in [5.74, 6) is 0.554. The number of aromatic nitrogens is 2. The Morgan fingerprint density at radius 1 is 1.30 bits per heavy atom. The third-order valence-electron chi connectivity index (χ3n) is 3.39. The number of rotatable bonds is 5. The van der Waals surface area contributed by atoms with Crippen molar-refractivity contribution < 1.29 is 9.53 Å². The van der Waals surface area contributed by atoms with Gasteiger partial charge in [-0.05, 0) is 52.0 Å². The predicted molar refractivity (Wildman–Crippen MR) is 90.9 cm³/mol. The molecule has 0 saturated carbocycles. The Hall–Kier alpha value is -2.34. The van der Waals surface area contributed by atoms with E-state index in [9.17, 15) is 4.79 Å². The van der Waals surface area contributed by atoms with Crippen molar-refractivity contribution in [2.45, 2.75) is 33.2 Å². The summed E-state index contributed by atoms with van der Waals surface area (Å²) in [6, 6.07) is 7.20. The van der Waals surface area contributed by atoms with Crippen LogP contribution in [0.2, 0.25) is 0 Å². The maximum Gasteiger partial charge on any atom is 0.259 e. The molecule has 0 fully saturated rings. The third kappa shape index (κ3) is 4.10. The molecule has 6 nitrogen and oxygen atoms in total. The lowest BCUT2D eigenvalue weighted by Gasteiger charge is -2.21. The van der Waals surface area contributed by atoms with Gasteiger partial charge < -0.3 is 15.8 Å². The number of amides is 1. The summed E-state index contributed by atoms with van der Waals surface area (Å²) >= 11 is 0. The van der Waals surface area contributed by atoms with Crippen molar-refractivity contribution in [3.63, 3.8) is 0 Å². The number of hydrogen-bond acceptors (Lipinski definition) is 4. The monoisotopic (exact) mass is 316 g/mol. The normalized spacial score (nSPS) is 11.3. The molecule has 1 aromatic heterocycles. The molecule has 124 valence electrons. The van der Waals surface area contributed by atoms with Crippen LogP contribution in [0.1, 0.15) is 36.8 Å². The zero-order chi connectivity index (χ0) is 17.0. The summed E-state index contributed by atoms with van der Waals surface area (Å²) in [7, 11) is 0. The van der Waals surface area contributed by atoms with Gasteiger partial charge in [-0.25, -0.2) is 0 Å². The molecule has 0 radical (unpaired) electrons. The standard InChI is InChI=1S/C17H24N4O2/c1-12-15(11-19-21(12)17(2,3)4)16(22)20-13-5-7-14(8-6-13)23-10-9-18/h5-8,11H,9-10,18H2,1-4H3,(H,20,22). The molecule has 1 amide bonds. The van der Waals surface area contributed by atoms with E-state index in [1.807, 2.05) is 11.6 Å². The van der Waals surface area contributed by atoms with Gasteiger partial charge in [0.15, 0.2) is 0 Å². The number of ether oxygens (including phenoxy) is 1. The van der Waals surface area contributed by atoms with Crippen LogP contribution in [0, 0.1) is 6.92 Å². The minimum atomic E-state index is -0.173. The molecule has 6 heteroatoms. The average Bonchev–Trinajstić information content (AvgIpc) is 2.88. The summed E-state index contributed by atoms with van der Waals surface area (Å²) < 4.78 is 7.26. The van der Waals surface area contributed by atoms with Gasteiger partial charge in [-0.3, -0.25) is 9.48 Å². The first kappa shape index (κ1) is 17.0. The van der Waals surface area contributed by atoms with Gasteiger partial charge in [-0.1, -0.05) is 0 Å². The molecular weight excluding hydrogens is 292 g/mol. The van der Waals surface area contributed by atoms with Crippen LogP contribution in [0.3, 0.4) is 0 Å². The molecule has 0 atom stereocenters. The molecule has 0 aliphatic rings. The number of nitrogens with two attached hydrogens (primary N) is 1. The van der Waals surface area contributed by atoms with Gasteiger partial charge >= 0.3 is 0 Å². The van der Waals surface area contributed by atoms with Crippen molar-refractivity contribution in [3.8, 4) is 5.75 Å². The first-order valence-corrected chi connectivity index (χ1v) is 7.62. The van der Waals surface area contributed by atoms with E-state index < -0.39 is 0 Å². The van der Waals surface area contributed by atoms with E-state index in [-0.39, 0.29) is 11.4 Å². The van der Waals surface area contributed by atoms with Crippen LogP contribution in [0.5, 0.6) is 5.75 Å². The summed E-state index contributed by atoms with van der Waals surface area (Å²) in [4.78, 5) is 12.4. The van der Waals surface area contributed by atoms with E-state index >= 15 is 0 Å². The Labute approximate surface area is 136 Å². The number of nitrogens with zero attached hydrogens (tertiary/aromatic N) is 2. The molecule has 1 aromatic carbocycles. The van der Waals surface area contributed by atoms with Crippen LogP contribution in [-0.4, -0.2) is 28.8 Å². The van der Waals surface area contributed by atoms with E-state index in [4.69, 9.17) is 10.5 Å². The molecule has 0 aliphatic heterocycles. The Bertz CT molecular complexity index is 669. The second-order valence-electron chi connectivity index (χ2n) is 6.34. The summed E-state index contributed by atoms with van der Waals surface area (Å²) in [6.07, 6.45) is 1.61. The minimum Gasteiger partial charge on any atom is -0.492 e. The van der Waals surface area contributed by atoms with Crippen molar-refractivity contribution in [1.82, 2.24) is 9.78 Å². The van der Waals surface area contributed by atoms with Crippen molar-refractivity contribution in [2.75, 3.05) is 18.5 Å². The van der Waals surface area contributed by atoms with Crippen molar-refractivity contribution in [1.29, 1.82) is 0 Å². The summed E-state index contributed by atoms with van der Waals surface area (Å²) in [5.41, 5.74) is 7.36. The minimum absolute atomic E-state index is 0.162. The van der Waals surface area contributed by atoms with Crippen LogP contribution in [0.4, 0.5) is 5.69 Å². The number of benzene rings is 1. The lowest BCUT2D eigenvalue weighted by molar-refractivity contribution is 0.102. The second-order valence-corrected chi connectivity index (χ2v) is 6.34. The topological polar surface area (TPSA) is 82.2 Å². The zero-order valence-corrected chi connectivity index (χ0v) is 14.1. The van der Waals surface area contributed by atoms with E-state index in [0.29, 0.717) is 24.4 Å². The summed E-state index contributed by atoms with van der Waals surface area (Å²) in [5, 5.41) is 7.20. The van der Waals surface area contributed by atoms with E-state index in [0.717, 1.165) is 11.4 Å². The molecular formula is C17H24N4O2. The van der Waals surface area contributed by atoms with Gasteiger partial charge in [0.2, 0.25) is 0 Å². The molecule has 0 spiro atoms. The first-order chi connectivity index (χ1) is 10.8. The molecule has 3 N–H and O–H groups in total. The summed E-state index contributed by atoms with van der Waals surface area (Å²) in [6.45, 7) is 8.99. The first-order valence-electron chi connectivity index (χ1n) is 7.62. The number of nitrogens with one attached hydrogen (secondary N) is 1. The van der Waals surface area contributed by atoms with Crippen LogP contribution in [0.25, 0.3) is 0 Å². The number of anilines is 1. The Morgan fingerprint density at radius 2 is 1.96 bits per heavy atom. The SMILES string of the molecule is Cc1c(C(=O)Nc2ccc(OCCN)cc2)cnn1C(C)(C)C. The molecule has 2 aromatic rings. The Kier molecular flexibility index (Phi) is 5.05. The van der Waals surface area contributed by atoms with Gasteiger partial charge in [-0.15, -0.1) is 0 Å². The third-order valence-corrected chi connectivity index (χ3v) is 3.39. The molecule has 2 rings (SSSR count). The Morgan fingerprint density at radius 3 is 2.48 bits per heavy atom. The molecule has 0 unspecified atom stereocenters. The van der Waals surface area contributed by atoms with Crippen LogP contribution >= 0.6 is 0 Å². The maximum absolute atomic E-state index is 12.4. The van der Waals surface area contributed by atoms with Gasteiger partial charge in [-0.2, -0.15) is 5.10 Å². The Balaban J connectivity index is 2.09. The molecule has 1 heterocycles. The predicted octanol–water partition coefficient (Wildman–Crippen LogP) is 2.54. The fraction of sp³-hybridized carbons (Fsp3) is 0.412.